The molecule has 0 amide bonds. The molecular weight excluding hydrogens is 421 g/mol. The van der Waals surface area contributed by atoms with Crippen molar-refractivity contribution in [2.24, 2.45) is 0 Å². The van der Waals surface area contributed by atoms with E-state index in [4.69, 9.17) is 18.7 Å². The van der Waals surface area contributed by atoms with Crippen LogP contribution in [0.4, 0.5) is 0 Å². The minimum atomic E-state index is 0.541. The molecule has 0 aliphatic rings. The minimum absolute atomic E-state index is 0.541. The molecule has 0 aliphatic carbocycles. The summed E-state index contributed by atoms with van der Waals surface area (Å²) in [5.41, 5.74) is 2.73. The Morgan fingerprint density at radius 2 is 1.50 bits per heavy atom. The topological polar surface area (TPSA) is 53.7 Å². The Bertz CT molecular complexity index is 817. The summed E-state index contributed by atoms with van der Waals surface area (Å²) in [5.74, 6) is 2.32. The molecule has 0 radical (unpaired) electrons. The van der Waals surface area contributed by atoms with Crippen LogP contribution in [0.2, 0.25) is 0 Å². The molecule has 0 saturated heterocycles. The summed E-state index contributed by atoms with van der Waals surface area (Å²) in [7, 11) is 4.74. The fourth-order valence-electron chi connectivity index (χ4n) is 2.50. The van der Waals surface area contributed by atoms with Gasteiger partial charge >= 0.3 is 0 Å². The quantitative estimate of drug-likeness (QED) is 0.545. The summed E-state index contributed by atoms with van der Waals surface area (Å²) in [6, 6.07) is 11.9. The van der Waals surface area contributed by atoms with Gasteiger partial charge in [0, 0.05) is 14.7 Å². The molecule has 6 heteroatoms. The predicted octanol–water partition coefficient (Wildman–Crippen LogP) is 4.64. The van der Waals surface area contributed by atoms with Crippen LogP contribution >= 0.6 is 22.6 Å². The van der Waals surface area contributed by atoms with Crippen molar-refractivity contribution in [1.82, 2.24) is 5.16 Å². The van der Waals surface area contributed by atoms with E-state index in [0.717, 1.165) is 16.7 Å². The number of hydrogen-bond acceptors (Lipinski definition) is 5. The second-order valence-electron chi connectivity index (χ2n) is 4.99. The Morgan fingerprint density at radius 1 is 0.875 bits per heavy atom. The minimum Gasteiger partial charge on any atom is -0.493 e. The van der Waals surface area contributed by atoms with Crippen LogP contribution < -0.4 is 14.2 Å². The molecule has 1 aromatic heterocycles. The highest BCUT2D eigenvalue weighted by Crippen LogP contribution is 2.43. The maximum atomic E-state index is 5.50. The van der Waals surface area contributed by atoms with Crippen molar-refractivity contribution in [2.45, 2.75) is 0 Å². The van der Waals surface area contributed by atoms with Gasteiger partial charge in [-0.25, -0.2) is 0 Å². The monoisotopic (exact) mass is 437 g/mol. The van der Waals surface area contributed by atoms with Gasteiger partial charge in [0.2, 0.25) is 5.75 Å². The first kappa shape index (κ1) is 16.6. The first-order valence-electron chi connectivity index (χ1n) is 7.19. The molecule has 0 aliphatic heterocycles. The maximum absolute atomic E-state index is 5.50. The second kappa shape index (κ2) is 7.12. The van der Waals surface area contributed by atoms with E-state index in [2.05, 4.69) is 27.7 Å². The zero-order chi connectivity index (χ0) is 17.1. The molecule has 1 heterocycles. The van der Waals surface area contributed by atoms with Crippen molar-refractivity contribution in [1.29, 1.82) is 0 Å². The van der Waals surface area contributed by atoms with E-state index in [9.17, 15) is 0 Å². The van der Waals surface area contributed by atoms with E-state index in [1.807, 2.05) is 36.4 Å². The highest BCUT2D eigenvalue weighted by atomic mass is 127. The van der Waals surface area contributed by atoms with Gasteiger partial charge in [0.15, 0.2) is 17.3 Å². The summed E-state index contributed by atoms with van der Waals surface area (Å²) in [5, 5.41) is 3.96. The molecule has 3 aromatic rings. The maximum Gasteiger partial charge on any atom is 0.203 e. The van der Waals surface area contributed by atoms with E-state index >= 15 is 0 Å². The third-order valence-electron chi connectivity index (χ3n) is 3.65. The van der Waals surface area contributed by atoms with Crippen molar-refractivity contribution in [3.63, 3.8) is 0 Å². The van der Waals surface area contributed by atoms with Gasteiger partial charge < -0.3 is 18.7 Å². The number of benzene rings is 2. The summed E-state index contributed by atoms with van der Waals surface area (Å²) in [4.78, 5) is 0. The van der Waals surface area contributed by atoms with Crippen LogP contribution in [0.3, 0.4) is 0 Å². The van der Waals surface area contributed by atoms with Gasteiger partial charge in [-0.3, -0.25) is 0 Å². The fraction of sp³-hybridized carbons (Fsp3) is 0.167. The first-order chi connectivity index (χ1) is 11.7. The molecule has 0 atom stereocenters. The van der Waals surface area contributed by atoms with Gasteiger partial charge in [-0.15, -0.1) is 0 Å². The lowest BCUT2D eigenvalue weighted by Gasteiger charge is -2.13. The number of nitrogens with zero attached hydrogens (tertiary/aromatic N) is 1. The van der Waals surface area contributed by atoms with Crippen LogP contribution in [-0.2, 0) is 0 Å². The zero-order valence-corrected chi connectivity index (χ0v) is 15.7. The average Bonchev–Trinajstić information content (AvgIpc) is 3.10. The molecule has 0 bridgehead atoms. The summed E-state index contributed by atoms with van der Waals surface area (Å²) in [6.07, 6.45) is 1.71. The molecule has 2 aromatic carbocycles. The third kappa shape index (κ3) is 3.06. The Morgan fingerprint density at radius 3 is 2.04 bits per heavy atom. The highest BCUT2D eigenvalue weighted by molar-refractivity contribution is 14.1. The SMILES string of the molecule is COc1cc(-c2oncc2-c2ccc(I)cc2)cc(OC)c1OC. The van der Waals surface area contributed by atoms with Gasteiger partial charge in [-0.1, -0.05) is 17.3 Å². The Kier molecular flexibility index (Phi) is 4.94. The van der Waals surface area contributed by atoms with Gasteiger partial charge in [0.05, 0.1) is 27.5 Å². The predicted molar refractivity (Wildman–Crippen MR) is 99.7 cm³/mol. The molecule has 124 valence electrons. The normalized spacial score (nSPS) is 10.5. The molecule has 3 rings (SSSR count). The summed E-state index contributed by atoms with van der Waals surface area (Å²) >= 11 is 2.27. The Hall–Kier alpha value is -2.22. The van der Waals surface area contributed by atoms with E-state index in [0.29, 0.717) is 23.0 Å². The van der Waals surface area contributed by atoms with Crippen LogP contribution in [0.5, 0.6) is 17.2 Å². The smallest absolute Gasteiger partial charge is 0.203 e. The van der Waals surface area contributed by atoms with Crippen molar-refractivity contribution >= 4 is 22.6 Å². The lowest BCUT2D eigenvalue weighted by atomic mass is 10.0. The number of hydrogen-bond donors (Lipinski definition) is 0. The molecular formula is C18H16INO4. The van der Waals surface area contributed by atoms with Crippen LogP contribution in [0, 0.1) is 3.57 Å². The van der Waals surface area contributed by atoms with E-state index in [-0.39, 0.29) is 0 Å². The summed E-state index contributed by atoms with van der Waals surface area (Å²) < 4.78 is 22.9. The van der Waals surface area contributed by atoms with Crippen molar-refractivity contribution < 1.29 is 18.7 Å². The second-order valence-corrected chi connectivity index (χ2v) is 6.24. The van der Waals surface area contributed by atoms with E-state index in [1.165, 1.54) is 3.57 Å². The lowest BCUT2D eigenvalue weighted by Crippen LogP contribution is -1.95. The number of rotatable bonds is 5. The third-order valence-corrected chi connectivity index (χ3v) is 4.37. The van der Waals surface area contributed by atoms with Gasteiger partial charge in [-0.05, 0) is 52.4 Å². The average molecular weight is 437 g/mol. The first-order valence-corrected chi connectivity index (χ1v) is 8.26. The molecule has 5 nitrogen and oxygen atoms in total. The van der Waals surface area contributed by atoms with Crippen LogP contribution in [0.25, 0.3) is 22.5 Å². The van der Waals surface area contributed by atoms with Crippen LogP contribution in [-0.4, -0.2) is 26.5 Å². The number of ether oxygens (including phenoxy) is 3. The molecule has 0 fully saturated rings. The molecule has 24 heavy (non-hydrogen) atoms. The van der Waals surface area contributed by atoms with Gasteiger partial charge in [-0.2, -0.15) is 0 Å². The Balaban J connectivity index is 2.14. The fourth-order valence-corrected chi connectivity index (χ4v) is 2.85. The van der Waals surface area contributed by atoms with Crippen LogP contribution in [0.15, 0.2) is 47.1 Å². The number of methoxy groups -OCH3 is 3. The standard InChI is InChI=1S/C18H16INO4/c1-21-15-8-12(9-16(22-2)18(15)23-3)17-14(10-20-24-17)11-4-6-13(19)7-5-11/h4-10H,1-3H3. The number of halogens is 1. The van der Waals surface area contributed by atoms with Crippen molar-refractivity contribution in [3.05, 3.63) is 46.2 Å². The largest absolute Gasteiger partial charge is 0.493 e. The van der Waals surface area contributed by atoms with Crippen LogP contribution in [0.1, 0.15) is 0 Å². The van der Waals surface area contributed by atoms with Crippen molar-refractivity contribution in [2.75, 3.05) is 21.3 Å². The zero-order valence-electron chi connectivity index (χ0n) is 13.5. The number of aromatic nitrogens is 1. The highest BCUT2D eigenvalue weighted by Gasteiger charge is 2.19. The molecule has 0 saturated carbocycles. The summed E-state index contributed by atoms with van der Waals surface area (Å²) in [6.45, 7) is 0. The Labute approximate surface area is 153 Å². The lowest BCUT2D eigenvalue weighted by molar-refractivity contribution is 0.324. The molecule has 0 spiro atoms. The van der Waals surface area contributed by atoms with E-state index in [1.54, 1.807) is 27.5 Å². The molecule has 0 N–H and O–H groups in total. The van der Waals surface area contributed by atoms with Gasteiger partial charge in [0.1, 0.15) is 0 Å². The molecule has 0 unspecified atom stereocenters. The van der Waals surface area contributed by atoms with Gasteiger partial charge in [0.25, 0.3) is 0 Å². The van der Waals surface area contributed by atoms with Crippen molar-refractivity contribution in [3.8, 4) is 39.7 Å². The van der Waals surface area contributed by atoms with E-state index < -0.39 is 0 Å².